The summed E-state index contributed by atoms with van der Waals surface area (Å²) in [5.74, 6) is 1.26. The van der Waals surface area contributed by atoms with E-state index in [9.17, 15) is 10.1 Å². The number of nitrogens with one attached hydrogen (secondary N) is 2. The molecule has 100 valence electrons. The maximum Gasteiger partial charge on any atom is 0.243 e. The molecule has 5 nitrogen and oxygen atoms in total. The summed E-state index contributed by atoms with van der Waals surface area (Å²) in [5.41, 5.74) is -0.105. The first kappa shape index (κ1) is 13.9. The summed E-state index contributed by atoms with van der Waals surface area (Å²) >= 11 is 5.14. The van der Waals surface area contributed by atoms with E-state index in [-0.39, 0.29) is 10.9 Å². The minimum atomic E-state index is -0.772. The van der Waals surface area contributed by atoms with Gasteiger partial charge in [0.2, 0.25) is 5.91 Å². The van der Waals surface area contributed by atoms with Crippen molar-refractivity contribution in [2.45, 2.75) is 19.8 Å². The molecule has 0 bridgehead atoms. The molecule has 1 spiro atoms. The highest BCUT2D eigenvalue weighted by Crippen LogP contribution is 2.46. The molecule has 2 aliphatic rings. The number of nitriles is 1. The number of carbonyl (C=O) groups is 1. The Labute approximate surface area is 117 Å². The maximum atomic E-state index is 12.0. The fraction of sp³-hybridized carbons (Fsp3) is 0.615. The molecule has 2 rings (SSSR count). The van der Waals surface area contributed by atoms with Crippen LogP contribution in [0.4, 0.5) is 0 Å². The Kier molecular flexibility index (Phi) is 3.81. The van der Waals surface area contributed by atoms with Crippen LogP contribution in [0, 0.1) is 28.1 Å². The van der Waals surface area contributed by atoms with Gasteiger partial charge in [0.1, 0.15) is 10.9 Å². The fourth-order valence-corrected chi connectivity index (χ4v) is 3.39. The van der Waals surface area contributed by atoms with Crippen LogP contribution in [0.1, 0.15) is 19.8 Å². The smallest absolute Gasteiger partial charge is 0.243 e. The van der Waals surface area contributed by atoms with Crippen LogP contribution in [-0.4, -0.2) is 41.3 Å². The van der Waals surface area contributed by atoms with Crippen molar-refractivity contribution in [3.05, 3.63) is 5.57 Å². The van der Waals surface area contributed by atoms with Gasteiger partial charge in [0, 0.05) is 5.41 Å². The minimum Gasteiger partial charge on any atom is -0.315 e. The van der Waals surface area contributed by atoms with E-state index in [4.69, 9.17) is 17.6 Å². The van der Waals surface area contributed by atoms with Gasteiger partial charge < -0.3 is 10.2 Å². The van der Waals surface area contributed by atoms with Crippen molar-refractivity contribution in [2.75, 3.05) is 19.6 Å². The van der Waals surface area contributed by atoms with Crippen molar-refractivity contribution in [1.29, 1.82) is 10.7 Å². The summed E-state index contributed by atoms with van der Waals surface area (Å²) in [6, 6.07) is 2.10. The van der Waals surface area contributed by atoms with Gasteiger partial charge in [0.15, 0.2) is 0 Å². The monoisotopic (exact) mass is 276 g/mol. The molecule has 2 N–H and O–H groups in total. The summed E-state index contributed by atoms with van der Waals surface area (Å²) in [4.78, 5) is 14.5. The Balaban J connectivity index is 2.42. The first-order chi connectivity index (χ1) is 9.08. The lowest BCUT2D eigenvalue weighted by Crippen LogP contribution is -2.56. The van der Waals surface area contributed by atoms with E-state index < -0.39 is 11.3 Å². The molecule has 2 saturated heterocycles. The number of thiocarbonyl (C=S) groups is 1. The summed E-state index contributed by atoms with van der Waals surface area (Å²) in [6.07, 6.45) is 1.35. The number of nitrogens with zero attached hydrogens (tertiary/aromatic N) is 2. The largest absolute Gasteiger partial charge is 0.315 e. The van der Waals surface area contributed by atoms with Crippen LogP contribution in [-0.2, 0) is 4.79 Å². The molecule has 1 atom stereocenters. The highest BCUT2D eigenvalue weighted by molar-refractivity contribution is 7.80. The van der Waals surface area contributed by atoms with Crippen molar-refractivity contribution in [3.63, 3.8) is 0 Å². The van der Waals surface area contributed by atoms with Gasteiger partial charge in [-0.15, -0.1) is 0 Å². The number of piperidine rings is 2. The zero-order valence-electron chi connectivity index (χ0n) is 10.8. The number of hydrogen-bond acceptors (Lipinski definition) is 5. The third kappa shape index (κ3) is 2.10. The summed E-state index contributed by atoms with van der Waals surface area (Å²) in [5, 5.41) is 19.3. The summed E-state index contributed by atoms with van der Waals surface area (Å²) in [7, 11) is 0. The second-order valence-electron chi connectivity index (χ2n) is 4.97. The van der Waals surface area contributed by atoms with Gasteiger partial charge in [-0.25, -0.2) is 0 Å². The van der Waals surface area contributed by atoms with Crippen molar-refractivity contribution in [1.82, 2.24) is 10.2 Å². The third-order valence-electron chi connectivity index (χ3n) is 4.23. The van der Waals surface area contributed by atoms with E-state index in [1.165, 1.54) is 0 Å². The van der Waals surface area contributed by atoms with Gasteiger partial charge in [0.05, 0.1) is 11.6 Å². The van der Waals surface area contributed by atoms with Crippen LogP contribution in [0.25, 0.3) is 0 Å². The molecule has 0 radical (unpaired) electrons. The molecule has 0 aromatic heterocycles. The lowest BCUT2D eigenvalue weighted by Gasteiger charge is -2.46. The Hall–Kier alpha value is -1.54. The van der Waals surface area contributed by atoms with Gasteiger partial charge in [-0.1, -0.05) is 19.1 Å². The number of amides is 1. The molecular formula is C13H16N4OS. The van der Waals surface area contributed by atoms with E-state index in [1.54, 1.807) is 0 Å². The van der Waals surface area contributed by atoms with Crippen LogP contribution in [0.15, 0.2) is 5.57 Å². The van der Waals surface area contributed by atoms with E-state index >= 15 is 0 Å². The van der Waals surface area contributed by atoms with Crippen LogP contribution in [0.2, 0.25) is 0 Å². The van der Waals surface area contributed by atoms with Crippen LogP contribution in [0.3, 0.4) is 0 Å². The summed E-state index contributed by atoms with van der Waals surface area (Å²) < 4.78 is 0. The molecule has 0 aromatic rings. The highest BCUT2D eigenvalue weighted by atomic mass is 32.1. The van der Waals surface area contributed by atoms with Crippen molar-refractivity contribution < 1.29 is 4.79 Å². The van der Waals surface area contributed by atoms with Crippen molar-refractivity contribution >= 4 is 29.0 Å². The SMILES string of the molecule is CCN1CCC2(CC1)C(=C=N)C(=S)NC(=O)[C@H]2C#N. The average Bonchev–Trinajstić information content (AvgIpc) is 2.40. The number of likely N-dealkylation sites (tertiary alicyclic amines) is 1. The lowest BCUT2D eigenvalue weighted by molar-refractivity contribution is -0.126. The first-order valence-electron chi connectivity index (χ1n) is 6.36. The number of carbonyl (C=O) groups excluding carboxylic acids is 1. The molecule has 0 saturated carbocycles. The van der Waals surface area contributed by atoms with E-state index in [0.717, 1.165) is 19.6 Å². The molecule has 19 heavy (non-hydrogen) atoms. The molecule has 0 aromatic carbocycles. The standard InChI is InChI=1S/C13H16N4OS/c1-2-17-5-3-13(4-6-17)9(7-14)11(18)16-12(19)10(13)8-15/h9,15H,2-6H2,1H3,(H,16,18,19)/t9-/m1/s1. The number of rotatable bonds is 1. The third-order valence-corrected chi connectivity index (χ3v) is 4.53. The average molecular weight is 276 g/mol. The van der Waals surface area contributed by atoms with Crippen LogP contribution >= 0.6 is 12.2 Å². The van der Waals surface area contributed by atoms with Gasteiger partial charge in [-0.3, -0.25) is 10.2 Å². The Bertz CT molecular complexity index is 507. The Morgan fingerprint density at radius 3 is 2.68 bits per heavy atom. The topological polar surface area (TPSA) is 80.0 Å². The lowest BCUT2D eigenvalue weighted by atomic mass is 9.62. The van der Waals surface area contributed by atoms with E-state index in [1.807, 2.05) is 0 Å². The molecule has 1 amide bonds. The van der Waals surface area contributed by atoms with Crippen molar-refractivity contribution in [3.8, 4) is 6.07 Å². The molecule has 6 heteroatoms. The molecule has 2 aliphatic heterocycles. The Morgan fingerprint density at radius 1 is 1.58 bits per heavy atom. The van der Waals surface area contributed by atoms with Crippen LogP contribution in [0.5, 0.6) is 0 Å². The predicted octanol–water partition coefficient (Wildman–Crippen LogP) is 0.860. The zero-order valence-corrected chi connectivity index (χ0v) is 11.6. The fourth-order valence-electron chi connectivity index (χ4n) is 3.04. The van der Waals surface area contributed by atoms with E-state index in [2.05, 4.69) is 29.1 Å². The normalized spacial score (nSPS) is 26.7. The first-order valence-corrected chi connectivity index (χ1v) is 6.77. The maximum absolute atomic E-state index is 12.0. The molecule has 2 heterocycles. The molecule has 2 fully saturated rings. The van der Waals surface area contributed by atoms with Gasteiger partial charge in [-0.05, 0) is 38.3 Å². The minimum absolute atomic E-state index is 0.261. The van der Waals surface area contributed by atoms with Gasteiger partial charge in [-0.2, -0.15) is 5.26 Å². The van der Waals surface area contributed by atoms with Crippen molar-refractivity contribution in [2.24, 2.45) is 11.3 Å². The molecule has 0 aliphatic carbocycles. The second kappa shape index (κ2) is 5.22. The van der Waals surface area contributed by atoms with Crippen LogP contribution < -0.4 is 5.32 Å². The second-order valence-corrected chi connectivity index (χ2v) is 5.38. The summed E-state index contributed by atoms with van der Waals surface area (Å²) in [6.45, 7) is 4.67. The Morgan fingerprint density at radius 2 is 2.21 bits per heavy atom. The highest BCUT2D eigenvalue weighted by Gasteiger charge is 2.52. The van der Waals surface area contributed by atoms with Gasteiger partial charge in [0.25, 0.3) is 0 Å². The predicted molar refractivity (Wildman–Crippen MR) is 74.9 cm³/mol. The van der Waals surface area contributed by atoms with E-state index in [0.29, 0.717) is 18.4 Å². The molecule has 0 unspecified atom stereocenters. The quantitative estimate of drug-likeness (QED) is 0.423. The molecular weight excluding hydrogens is 260 g/mol. The number of hydrogen-bond donors (Lipinski definition) is 2. The van der Waals surface area contributed by atoms with Gasteiger partial charge >= 0.3 is 0 Å². The zero-order chi connectivity index (χ0) is 14.0.